The molecule has 4 N–H and O–H groups in total. The Morgan fingerprint density at radius 3 is 2.43 bits per heavy atom. The number of nitrogens with two attached hydrogens (primary N) is 2. The number of nitrogens with zero attached hydrogens (tertiary/aromatic N) is 3. The number of pyridine rings is 1. The molecule has 0 fully saturated rings. The van der Waals surface area contributed by atoms with Crippen molar-refractivity contribution in [3.8, 4) is 17.3 Å². The molecule has 0 unspecified atom stereocenters. The molecule has 2 aromatic heterocycles. The minimum Gasteiger partial charge on any atom is -0.497 e. The number of rotatable bonds is 4. The van der Waals surface area contributed by atoms with Crippen molar-refractivity contribution >= 4 is 11.6 Å². The Hall–Kier alpha value is -3.15. The number of hydrogen-bond acceptors (Lipinski definition) is 6. The number of anilines is 2. The van der Waals surface area contributed by atoms with E-state index in [1.807, 2.05) is 42.5 Å². The van der Waals surface area contributed by atoms with Crippen LogP contribution in [0.15, 0.2) is 48.7 Å². The van der Waals surface area contributed by atoms with Crippen LogP contribution in [-0.2, 0) is 6.42 Å². The molecule has 0 bridgehead atoms. The molecule has 2 heterocycles. The van der Waals surface area contributed by atoms with E-state index in [1.54, 1.807) is 13.3 Å². The molecule has 0 amide bonds. The van der Waals surface area contributed by atoms with Crippen LogP contribution in [0.25, 0.3) is 11.5 Å². The van der Waals surface area contributed by atoms with E-state index in [0.29, 0.717) is 35.1 Å². The molecule has 23 heavy (non-hydrogen) atoms. The lowest BCUT2D eigenvalue weighted by Crippen LogP contribution is -2.08. The molecular weight excluding hydrogens is 290 g/mol. The van der Waals surface area contributed by atoms with Crippen molar-refractivity contribution in [2.45, 2.75) is 6.42 Å². The second-order valence-corrected chi connectivity index (χ2v) is 5.04. The normalized spacial score (nSPS) is 10.5. The number of aromatic nitrogens is 3. The maximum Gasteiger partial charge on any atom is 0.182 e. The average Bonchev–Trinajstić information content (AvgIpc) is 2.59. The van der Waals surface area contributed by atoms with Gasteiger partial charge in [-0.15, -0.1) is 0 Å². The summed E-state index contributed by atoms with van der Waals surface area (Å²) in [4.78, 5) is 12.9. The van der Waals surface area contributed by atoms with Gasteiger partial charge in [-0.05, 0) is 29.8 Å². The molecule has 0 atom stereocenters. The van der Waals surface area contributed by atoms with Gasteiger partial charge in [0.05, 0.1) is 7.11 Å². The van der Waals surface area contributed by atoms with E-state index in [-0.39, 0.29) is 0 Å². The third kappa shape index (κ3) is 3.21. The van der Waals surface area contributed by atoms with Gasteiger partial charge in [0.25, 0.3) is 0 Å². The first-order valence-corrected chi connectivity index (χ1v) is 7.13. The van der Waals surface area contributed by atoms with E-state index in [0.717, 1.165) is 11.3 Å². The molecule has 0 radical (unpaired) electrons. The van der Waals surface area contributed by atoms with Crippen molar-refractivity contribution in [2.24, 2.45) is 0 Å². The molecule has 0 aliphatic carbocycles. The SMILES string of the molecule is COc1cccc(Cc2c(N)nc(-c3ccccn3)nc2N)c1. The molecule has 3 aromatic rings. The van der Waals surface area contributed by atoms with E-state index < -0.39 is 0 Å². The lowest BCUT2D eigenvalue weighted by molar-refractivity contribution is 0.414. The topological polar surface area (TPSA) is 99.9 Å². The third-order valence-corrected chi connectivity index (χ3v) is 3.48. The van der Waals surface area contributed by atoms with Gasteiger partial charge < -0.3 is 16.2 Å². The van der Waals surface area contributed by atoms with E-state index in [1.165, 1.54) is 0 Å². The van der Waals surface area contributed by atoms with Crippen molar-refractivity contribution in [3.63, 3.8) is 0 Å². The highest BCUT2D eigenvalue weighted by atomic mass is 16.5. The molecular formula is C17H17N5O. The highest BCUT2D eigenvalue weighted by molar-refractivity contribution is 5.62. The van der Waals surface area contributed by atoms with Gasteiger partial charge in [-0.3, -0.25) is 4.98 Å². The van der Waals surface area contributed by atoms with Gasteiger partial charge in [0.15, 0.2) is 5.82 Å². The Labute approximate surface area is 134 Å². The first kappa shape index (κ1) is 14.8. The van der Waals surface area contributed by atoms with Crippen molar-refractivity contribution in [1.82, 2.24) is 15.0 Å². The predicted octanol–water partition coefficient (Wildman–Crippen LogP) is 2.30. The zero-order valence-electron chi connectivity index (χ0n) is 12.7. The highest BCUT2D eigenvalue weighted by Crippen LogP contribution is 2.24. The summed E-state index contributed by atoms with van der Waals surface area (Å²) >= 11 is 0. The van der Waals surface area contributed by atoms with Gasteiger partial charge in [0, 0.05) is 18.2 Å². The predicted molar refractivity (Wildman–Crippen MR) is 89.9 cm³/mol. The third-order valence-electron chi connectivity index (χ3n) is 3.48. The number of benzene rings is 1. The largest absolute Gasteiger partial charge is 0.497 e. The van der Waals surface area contributed by atoms with Crippen LogP contribution in [0.1, 0.15) is 11.1 Å². The summed E-state index contributed by atoms with van der Waals surface area (Å²) in [6.07, 6.45) is 2.21. The van der Waals surface area contributed by atoms with Crippen LogP contribution < -0.4 is 16.2 Å². The first-order chi connectivity index (χ1) is 11.2. The van der Waals surface area contributed by atoms with Crippen LogP contribution in [0.5, 0.6) is 5.75 Å². The van der Waals surface area contributed by atoms with E-state index in [4.69, 9.17) is 16.2 Å². The minimum atomic E-state index is 0.362. The summed E-state index contributed by atoms with van der Waals surface area (Å²) < 4.78 is 5.23. The van der Waals surface area contributed by atoms with Crippen molar-refractivity contribution in [3.05, 3.63) is 59.8 Å². The Bertz CT molecular complexity index is 797. The Morgan fingerprint density at radius 1 is 1.00 bits per heavy atom. The van der Waals surface area contributed by atoms with Crippen LogP contribution in [-0.4, -0.2) is 22.1 Å². The van der Waals surface area contributed by atoms with E-state index in [2.05, 4.69) is 15.0 Å². The quantitative estimate of drug-likeness (QED) is 0.767. The maximum atomic E-state index is 6.09. The van der Waals surface area contributed by atoms with Crippen LogP contribution in [0.3, 0.4) is 0 Å². The summed E-state index contributed by atoms with van der Waals surface area (Å²) in [7, 11) is 1.63. The van der Waals surface area contributed by atoms with E-state index in [9.17, 15) is 0 Å². The number of hydrogen-bond donors (Lipinski definition) is 2. The second-order valence-electron chi connectivity index (χ2n) is 5.04. The van der Waals surface area contributed by atoms with Crippen molar-refractivity contribution in [1.29, 1.82) is 0 Å². The summed E-state index contributed by atoms with van der Waals surface area (Å²) in [5, 5.41) is 0. The minimum absolute atomic E-state index is 0.362. The summed E-state index contributed by atoms with van der Waals surface area (Å²) in [5.41, 5.74) is 14.5. The molecule has 0 saturated carbocycles. The Morgan fingerprint density at radius 2 is 1.78 bits per heavy atom. The number of nitrogen functional groups attached to an aromatic ring is 2. The van der Waals surface area contributed by atoms with Crippen LogP contribution in [0.2, 0.25) is 0 Å². The first-order valence-electron chi connectivity index (χ1n) is 7.13. The molecule has 0 spiro atoms. The number of ether oxygens (including phenoxy) is 1. The van der Waals surface area contributed by atoms with Crippen LogP contribution >= 0.6 is 0 Å². The molecule has 0 aliphatic rings. The van der Waals surface area contributed by atoms with Gasteiger partial charge in [0.2, 0.25) is 0 Å². The van der Waals surface area contributed by atoms with Crippen LogP contribution in [0, 0.1) is 0 Å². The second kappa shape index (κ2) is 6.31. The maximum absolute atomic E-state index is 6.09. The fourth-order valence-electron chi connectivity index (χ4n) is 2.30. The zero-order chi connectivity index (χ0) is 16.2. The van der Waals surface area contributed by atoms with Crippen molar-refractivity contribution in [2.75, 3.05) is 18.6 Å². The Balaban J connectivity index is 1.94. The highest BCUT2D eigenvalue weighted by Gasteiger charge is 2.13. The van der Waals surface area contributed by atoms with Crippen molar-refractivity contribution < 1.29 is 4.74 Å². The molecule has 6 nitrogen and oxygen atoms in total. The molecule has 0 saturated heterocycles. The summed E-state index contributed by atoms with van der Waals surface area (Å²) in [6, 6.07) is 13.2. The molecule has 116 valence electrons. The van der Waals surface area contributed by atoms with Gasteiger partial charge in [-0.25, -0.2) is 9.97 Å². The fourth-order valence-corrected chi connectivity index (χ4v) is 2.30. The lowest BCUT2D eigenvalue weighted by Gasteiger charge is -2.11. The molecule has 6 heteroatoms. The van der Waals surface area contributed by atoms with Gasteiger partial charge >= 0.3 is 0 Å². The monoisotopic (exact) mass is 307 g/mol. The molecule has 0 aliphatic heterocycles. The van der Waals surface area contributed by atoms with Gasteiger partial charge in [0.1, 0.15) is 23.1 Å². The smallest absolute Gasteiger partial charge is 0.182 e. The van der Waals surface area contributed by atoms with Crippen LogP contribution in [0.4, 0.5) is 11.6 Å². The Kier molecular flexibility index (Phi) is 4.05. The molecule has 3 rings (SSSR count). The lowest BCUT2D eigenvalue weighted by atomic mass is 10.1. The average molecular weight is 307 g/mol. The standard InChI is InChI=1S/C17H17N5O/c1-23-12-6-4-5-11(9-12)10-13-15(18)21-17(22-16(13)19)14-7-2-3-8-20-14/h2-9H,10H2,1H3,(H4,18,19,21,22). The zero-order valence-corrected chi connectivity index (χ0v) is 12.7. The molecule has 1 aromatic carbocycles. The van der Waals surface area contributed by atoms with Gasteiger partial charge in [-0.1, -0.05) is 18.2 Å². The van der Waals surface area contributed by atoms with E-state index >= 15 is 0 Å². The summed E-state index contributed by atoms with van der Waals surface area (Å²) in [6.45, 7) is 0. The fraction of sp³-hybridized carbons (Fsp3) is 0.118. The van der Waals surface area contributed by atoms with Gasteiger partial charge in [-0.2, -0.15) is 0 Å². The summed E-state index contributed by atoms with van der Waals surface area (Å²) in [5.74, 6) is 1.93. The number of methoxy groups -OCH3 is 1.